The summed E-state index contributed by atoms with van der Waals surface area (Å²) < 4.78 is 0. The predicted octanol–water partition coefficient (Wildman–Crippen LogP) is 4.15. The highest BCUT2D eigenvalue weighted by Gasteiger charge is 2.27. The van der Waals surface area contributed by atoms with E-state index in [-0.39, 0.29) is 0 Å². The van der Waals surface area contributed by atoms with Gasteiger partial charge in [0.25, 0.3) is 0 Å². The van der Waals surface area contributed by atoms with Crippen molar-refractivity contribution < 1.29 is 0 Å². The normalized spacial score (nSPS) is 35.7. The van der Waals surface area contributed by atoms with Crippen molar-refractivity contribution in [2.75, 3.05) is 6.54 Å². The Kier molecular flexibility index (Phi) is 4.67. The molecule has 98 valence electrons. The molecule has 3 atom stereocenters. The maximum absolute atomic E-state index is 3.84. The van der Waals surface area contributed by atoms with Crippen LogP contribution in [0.5, 0.6) is 0 Å². The first-order chi connectivity index (χ1) is 8.16. The quantitative estimate of drug-likeness (QED) is 0.725. The minimum Gasteiger partial charge on any atom is -0.314 e. The van der Waals surface area contributed by atoms with Crippen LogP contribution in [0.2, 0.25) is 0 Å². The first-order valence-electron chi connectivity index (χ1n) is 7.57. The summed E-state index contributed by atoms with van der Waals surface area (Å²) >= 11 is 0. The maximum Gasteiger partial charge on any atom is 0.00671 e. The highest BCUT2D eigenvalue weighted by atomic mass is 14.9. The van der Waals surface area contributed by atoms with Crippen LogP contribution in [-0.2, 0) is 0 Å². The summed E-state index contributed by atoms with van der Waals surface area (Å²) in [5.74, 6) is 2.46. The van der Waals surface area contributed by atoms with Crippen molar-refractivity contribution in [3.8, 4) is 0 Å². The first kappa shape index (κ1) is 13.1. The van der Waals surface area contributed by atoms with Crippen LogP contribution in [0.25, 0.3) is 0 Å². The number of nitrogens with one attached hydrogen (secondary N) is 1. The Bertz CT molecular complexity index is 263. The molecule has 17 heavy (non-hydrogen) atoms. The Hall–Kier alpha value is -0.300. The second kappa shape index (κ2) is 6.04. The molecule has 0 aromatic rings. The molecule has 0 aliphatic heterocycles. The van der Waals surface area contributed by atoms with Crippen LogP contribution in [0.4, 0.5) is 0 Å². The van der Waals surface area contributed by atoms with Gasteiger partial charge in [0, 0.05) is 6.04 Å². The van der Waals surface area contributed by atoms with Gasteiger partial charge in [-0.3, -0.25) is 0 Å². The summed E-state index contributed by atoms with van der Waals surface area (Å²) in [7, 11) is 0. The highest BCUT2D eigenvalue weighted by Crippen LogP contribution is 2.33. The van der Waals surface area contributed by atoms with E-state index >= 15 is 0 Å². The lowest BCUT2D eigenvalue weighted by atomic mass is 9.75. The van der Waals surface area contributed by atoms with Crippen LogP contribution < -0.4 is 5.32 Å². The molecule has 1 saturated carbocycles. The third-order valence-corrected chi connectivity index (χ3v) is 4.85. The molecule has 1 nitrogen and oxygen atoms in total. The largest absolute Gasteiger partial charge is 0.314 e. The van der Waals surface area contributed by atoms with Crippen molar-refractivity contribution in [3.05, 3.63) is 11.6 Å². The summed E-state index contributed by atoms with van der Waals surface area (Å²) in [4.78, 5) is 0. The molecule has 0 saturated heterocycles. The third-order valence-electron chi connectivity index (χ3n) is 4.85. The summed E-state index contributed by atoms with van der Waals surface area (Å²) in [6, 6.07) is 0.815. The van der Waals surface area contributed by atoms with E-state index < -0.39 is 0 Å². The lowest BCUT2D eigenvalue weighted by molar-refractivity contribution is 0.240. The van der Waals surface area contributed by atoms with E-state index in [0.717, 1.165) is 23.8 Å². The molecule has 0 aromatic carbocycles. The smallest absolute Gasteiger partial charge is 0.00671 e. The molecular formula is C16H29N. The van der Waals surface area contributed by atoms with E-state index in [2.05, 4.69) is 32.2 Å². The molecule has 0 amide bonds. The van der Waals surface area contributed by atoms with Crippen LogP contribution in [0.3, 0.4) is 0 Å². The lowest BCUT2D eigenvalue weighted by Crippen LogP contribution is -2.39. The van der Waals surface area contributed by atoms with Crippen molar-refractivity contribution in [2.24, 2.45) is 17.8 Å². The van der Waals surface area contributed by atoms with Crippen molar-refractivity contribution >= 4 is 0 Å². The van der Waals surface area contributed by atoms with Crippen LogP contribution >= 0.6 is 0 Å². The zero-order chi connectivity index (χ0) is 12.3. The van der Waals surface area contributed by atoms with Gasteiger partial charge in [-0.1, -0.05) is 44.8 Å². The Labute approximate surface area is 107 Å². The van der Waals surface area contributed by atoms with E-state index in [1.807, 2.05) is 0 Å². The van der Waals surface area contributed by atoms with E-state index in [1.54, 1.807) is 5.57 Å². The summed E-state index contributed by atoms with van der Waals surface area (Å²) in [6.45, 7) is 8.35. The van der Waals surface area contributed by atoms with Gasteiger partial charge in [0.15, 0.2) is 0 Å². The molecule has 2 aliphatic carbocycles. The van der Waals surface area contributed by atoms with E-state index in [9.17, 15) is 0 Å². The molecule has 0 aromatic heterocycles. The minimum absolute atomic E-state index is 0.759. The summed E-state index contributed by atoms with van der Waals surface area (Å²) in [5.41, 5.74) is 1.60. The number of hydrogen-bond donors (Lipinski definition) is 1. The fraction of sp³-hybridized carbons (Fsp3) is 0.875. The molecule has 0 radical (unpaired) electrons. The van der Waals surface area contributed by atoms with Gasteiger partial charge < -0.3 is 5.32 Å². The first-order valence-corrected chi connectivity index (χ1v) is 7.57. The zero-order valence-electron chi connectivity index (χ0n) is 11.8. The van der Waals surface area contributed by atoms with Gasteiger partial charge in [-0.15, -0.1) is 0 Å². The van der Waals surface area contributed by atoms with Gasteiger partial charge in [-0.2, -0.15) is 0 Å². The number of hydrogen-bond acceptors (Lipinski definition) is 1. The molecule has 2 rings (SSSR count). The van der Waals surface area contributed by atoms with Crippen molar-refractivity contribution in [1.82, 2.24) is 5.32 Å². The minimum atomic E-state index is 0.759. The fourth-order valence-corrected chi connectivity index (χ4v) is 3.81. The summed E-state index contributed by atoms with van der Waals surface area (Å²) in [6.07, 6.45) is 10.9. The summed E-state index contributed by atoms with van der Waals surface area (Å²) in [5, 5.41) is 3.84. The van der Waals surface area contributed by atoms with Crippen LogP contribution in [0.1, 0.15) is 59.3 Å². The van der Waals surface area contributed by atoms with Crippen LogP contribution in [0.15, 0.2) is 11.6 Å². The average molecular weight is 235 g/mol. The lowest BCUT2D eigenvalue weighted by Gasteiger charge is -2.35. The molecule has 1 heteroatoms. The molecule has 1 N–H and O–H groups in total. The molecular weight excluding hydrogens is 206 g/mol. The Morgan fingerprint density at radius 1 is 1.18 bits per heavy atom. The number of rotatable bonds is 3. The molecule has 0 unspecified atom stereocenters. The molecule has 1 fully saturated rings. The van der Waals surface area contributed by atoms with Crippen molar-refractivity contribution in [3.63, 3.8) is 0 Å². The van der Waals surface area contributed by atoms with E-state index in [4.69, 9.17) is 0 Å². The Balaban J connectivity index is 1.81. The van der Waals surface area contributed by atoms with Crippen LogP contribution in [0, 0.1) is 17.8 Å². The van der Waals surface area contributed by atoms with Crippen molar-refractivity contribution in [1.29, 1.82) is 0 Å². The second-order valence-electron chi connectivity index (χ2n) is 6.46. The fourth-order valence-electron chi connectivity index (χ4n) is 3.81. The highest BCUT2D eigenvalue weighted by molar-refractivity contribution is 5.08. The van der Waals surface area contributed by atoms with Crippen LogP contribution in [-0.4, -0.2) is 12.6 Å². The van der Waals surface area contributed by atoms with Crippen molar-refractivity contribution in [2.45, 2.75) is 65.3 Å². The second-order valence-corrected chi connectivity index (χ2v) is 6.46. The molecule has 0 spiro atoms. The number of allylic oxidation sites excluding steroid dienone is 2. The Morgan fingerprint density at radius 3 is 2.53 bits per heavy atom. The SMILES string of the molecule is CC1=C[C@@H](C)[C@@H](CNC2CCCCC2)[C@H](C)C1. The zero-order valence-corrected chi connectivity index (χ0v) is 11.8. The maximum atomic E-state index is 3.84. The molecule has 0 heterocycles. The predicted molar refractivity (Wildman–Crippen MR) is 75.1 cm³/mol. The standard InChI is InChI=1S/C16H29N/c1-12-9-13(2)16(14(3)10-12)11-17-15-7-5-4-6-8-15/h9,13-17H,4-8,10-11H2,1-3H3/t13-,14-,16-/m1/s1. The molecule has 2 aliphatic rings. The van der Waals surface area contributed by atoms with Gasteiger partial charge in [0.1, 0.15) is 0 Å². The molecule has 0 bridgehead atoms. The van der Waals surface area contributed by atoms with Gasteiger partial charge in [0.2, 0.25) is 0 Å². The van der Waals surface area contributed by atoms with E-state index in [1.165, 1.54) is 45.1 Å². The van der Waals surface area contributed by atoms with Gasteiger partial charge in [0.05, 0.1) is 0 Å². The van der Waals surface area contributed by atoms with E-state index in [0.29, 0.717) is 0 Å². The van der Waals surface area contributed by atoms with Gasteiger partial charge in [-0.05, 0) is 50.5 Å². The monoisotopic (exact) mass is 235 g/mol. The topological polar surface area (TPSA) is 12.0 Å². The van der Waals surface area contributed by atoms with Gasteiger partial charge in [-0.25, -0.2) is 0 Å². The van der Waals surface area contributed by atoms with Gasteiger partial charge >= 0.3 is 0 Å². The average Bonchev–Trinajstić information content (AvgIpc) is 2.29. The Morgan fingerprint density at radius 2 is 1.88 bits per heavy atom. The third kappa shape index (κ3) is 3.58.